The van der Waals surface area contributed by atoms with Crippen molar-refractivity contribution in [2.75, 3.05) is 24.6 Å². The van der Waals surface area contributed by atoms with E-state index in [2.05, 4.69) is 4.98 Å². The molecular weight excluding hydrogens is 379 g/mol. The molecule has 1 atom stereocenters. The molecule has 0 radical (unpaired) electrons. The van der Waals surface area contributed by atoms with Gasteiger partial charge in [0.2, 0.25) is 11.6 Å². The first-order valence-electron chi connectivity index (χ1n) is 8.35. The Kier molecular flexibility index (Phi) is 5.72. The summed E-state index contributed by atoms with van der Waals surface area (Å²) in [6.07, 6.45) is -0.768. The summed E-state index contributed by atoms with van der Waals surface area (Å²) in [4.78, 5) is 20.2. The minimum Gasteiger partial charge on any atom is -0.396 e. The lowest BCUT2D eigenvalue weighted by molar-refractivity contribution is -0.00103. The van der Waals surface area contributed by atoms with Gasteiger partial charge in [-0.25, -0.2) is 0 Å². The molecule has 3 rings (SSSR count). The van der Waals surface area contributed by atoms with Crippen LogP contribution in [0.25, 0.3) is 0 Å². The van der Waals surface area contributed by atoms with Crippen molar-refractivity contribution in [3.05, 3.63) is 45.8 Å². The number of imidazole rings is 1. The maximum atomic E-state index is 13.0. The van der Waals surface area contributed by atoms with Gasteiger partial charge in [0.05, 0.1) is 6.54 Å². The van der Waals surface area contributed by atoms with Gasteiger partial charge in [-0.3, -0.25) is 9.69 Å². The largest absolute Gasteiger partial charge is 0.396 e. The smallest absolute Gasteiger partial charge is 0.277 e. The van der Waals surface area contributed by atoms with Gasteiger partial charge >= 0.3 is 0 Å². The van der Waals surface area contributed by atoms with Crippen LogP contribution >= 0.6 is 23.2 Å². The van der Waals surface area contributed by atoms with Crippen molar-refractivity contribution in [3.8, 4) is 0 Å². The molecule has 2 N–H and O–H groups in total. The number of hydrogen-bond acceptors (Lipinski definition) is 5. The Bertz CT molecular complexity index is 794. The van der Waals surface area contributed by atoms with Gasteiger partial charge in [0.1, 0.15) is 0 Å². The van der Waals surface area contributed by atoms with Crippen LogP contribution in [-0.4, -0.2) is 56.6 Å². The second-order valence-electron chi connectivity index (χ2n) is 5.97. The van der Waals surface area contributed by atoms with E-state index < -0.39 is 6.35 Å². The highest BCUT2D eigenvalue weighted by Gasteiger charge is 2.40. The SMILES string of the molecule is CCN1c2nc(Cl)n(Cc3ccc(Cl)cc3)c2C(=O)N(CCCO)C1O. The van der Waals surface area contributed by atoms with E-state index in [0.717, 1.165) is 5.56 Å². The van der Waals surface area contributed by atoms with Crippen molar-refractivity contribution in [2.45, 2.75) is 26.2 Å². The molecular formula is C17H20Cl2N4O3. The number of aliphatic hydroxyl groups is 2. The van der Waals surface area contributed by atoms with Crippen LogP contribution in [-0.2, 0) is 6.54 Å². The molecule has 0 bridgehead atoms. The lowest BCUT2D eigenvalue weighted by atomic mass is 10.2. The number of halogens is 2. The number of aliphatic hydroxyl groups excluding tert-OH is 2. The van der Waals surface area contributed by atoms with Crippen molar-refractivity contribution in [1.29, 1.82) is 0 Å². The van der Waals surface area contributed by atoms with Crippen molar-refractivity contribution >= 4 is 34.9 Å². The van der Waals surface area contributed by atoms with Crippen molar-refractivity contribution in [1.82, 2.24) is 14.5 Å². The summed E-state index contributed by atoms with van der Waals surface area (Å²) in [5.41, 5.74) is 1.25. The number of carbonyl (C=O) groups is 1. The molecule has 7 nitrogen and oxygen atoms in total. The van der Waals surface area contributed by atoms with Gasteiger partial charge < -0.3 is 19.7 Å². The molecule has 1 aliphatic rings. The van der Waals surface area contributed by atoms with Crippen LogP contribution in [0.15, 0.2) is 24.3 Å². The average Bonchev–Trinajstić information content (AvgIpc) is 2.93. The van der Waals surface area contributed by atoms with E-state index in [9.17, 15) is 9.90 Å². The summed E-state index contributed by atoms with van der Waals surface area (Å²) in [5.74, 6) is 0.00299. The Morgan fingerprint density at radius 2 is 1.88 bits per heavy atom. The van der Waals surface area contributed by atoms with E-state index in [1.165, 1.54) is 4.90 Å². The van der Waals surface area contributed by atoms with Crippen LogP contribution < -0.4 is 4.90 Å². The number of aromatic nitrogens is 2. The number of nitrogens with zero attached hydrogens (tertiary/aromatic N) is 4. The first kappa shape index (κ1) is 19.0. The molecule has 1 amide bonds. The van der Waals surface area contributed by atoms with E-state index >= 15 is 0 Å². The van der Waals surface area contributed by atoms with Gasteiger partial charge in [-0.05, 0) is 42.6 Å². The van der Waals surface area contributed by atoms with E-state index in [1.807, 2.05) is 19.1 Å². The molecule has 0 spiro atoms. The molecule has 0 saturated heterocycles. The van der Waals surface area contributed by atoms with Crippen LogP contribution in [0, 0.1) is 0 Å². The predicted octanol–water partition coefficient (Wildman–Crippen LogP) is 2.18. The highest BCUT2D eigenvalue weighted by Crippen LogP contribution is 2.33. The first-order chi connectivity index (χ1) is 12.5. The molecule has 9 heteroatoms. The molecule has 0 aliphatic carbocycles. The molecule has 1 unspecified atom stereocenters. The third-order valence-electron chi connectivity index (χ3n) is 4.35. The Balaban J connectivity index is 2.02. The molecule has 1 aromatic heterocycles. The van der Waals surface area contributed by atoms with Crippen LogP contribution in [0.3, 0.4) is 0 Å². The lowest BCUT2D eigenvalue weighted by Crippen LogP contribution is -2.56. The lowest BCUT2D eigenvalue weighted by Gasteiger charge is -2.40. The van der Waals surface area contributed by atoms with E-state index in [4.69, 9.17) is 28.3 Å². The zero-order chi connectivity index (χ0) is 18.8. The summed E-state index contributed by atoms with van der Waals surface area (Å²) in [5, 5.41) is 20.4. The van der Waals surface area contributed by atoms with E-state index in [0.29, 0.717) is 36.0 Å². The summed E-state index contributed by atoms with van der Waals surface area (Å²) in [7, 11) is 0. The fourth-order valence-electron chi connectivity index (χ4n) is 3.03. The van der Waals surface area contributed by atoms with Crippen LogP contribution in [0.5, 0.6) is 0 Å². The number of carbonyl (C=O) groups excluding carboxylic acids is 1. The average molecular weight is 399 g/mol. The zero-order valence-electron chi connectivity index (χ0n) is 14.3. The van der Waals surface area contributed by atoms with Crippen LogP contribution in [0.2, 0.25) is 10.3 Å². The van der Waals surface area contributed by atoms with Gasteiger partial charge in [0.25, 0.3) is 5.91 Å². The molecule has 26 heavy (non-hydrogen) atoms. The highest BCUT2D eigenvalue weighted by molar-refractivity contribution is 6.30. The monoisotopic (exact) mass is 398 g/mol. The predicted molar refractivity (Wildman–Crippen MR) is 99.6 cm³/mol. The molecule has 1 aromatic carbocycles. The quantitative estimate of drug-likeness (QED) is 0.778. The maximum absolute atomic E-state index is 13.0. The zero-order valence-corrected chi connectivity index (χ0v) is 15.8. The van der Waals surface area contributed by atoms with Gasteiger partial charge in [-0.2, -0.15) is 4.98 Å². The van der Waals surface area contributed by atoms with Crippen molar-refractivity contribution < 1.29 is 15.0 Å². The fourth-order valence-corrected chi connectivity index (χ4v) is 3.38. The second kappa shape index (κ2) is 7.84. The molecule has 2 heterocycles. The van der Waals surface area contributed by atoms with Crippen LogP contribution in [0.4, 0.5) is 5.82 Å². The summed E-state index contributed by atoms with van der Waals surface area (Å²) in [6.45, 7) is 2.83. The highest BCUT2D eigenvalue weighted by atomic mass is 35.5. The number of rotatable bonds is 6. The third-order valence-corrected chi connectivity index (χ3v) is 4.89. The Hall–Kier alpha value is -1.80. The molecule has 2 aromatic rings. The number of amides is 1. The fraction of sp³-hybridized carbons (Fsp3) is 0.412. The minimum absolute atomic E-state index is 0.0692. The van der Waals surface area contributed by atoms with Gasteiger partial charge in [0, 0.05) is 24.7 Å². The van der Waals surface area contributed by atoms with Crippen molar-refractivity contribution in [3.63, 3.8) is 0 Å². The van der Waals surface area contributed by atoms with Crippen molar-refractivity contribution in [2.24, 2.45) is 0 Å². The van der Waals surface area contributed by atoms with Gasteiger partial charge in [0.15, 0.2) is 11.5 Å². The molecule has 0 saturated carbocycles. The first-order valence-corrected chi connectivity index (χ1v) is 9.10. The minimum atomic E-state index is -1.14. The topological polar surface area (TPSA) is 81.8 Å². The molecule has 1 aliphatic heterocycles. The van der Waals surface area contributed by atoms with E-state index in [1.54, 1.807) is 21.6 Å². The van der Waals surface area contributed by atoms with Gasteiger partial charge in [-0.15, -0.1) is 0 Å². The summed E-state index contributed by atoms with van der Waals surface area (Å²) < 4.78 is 1.63. The summed E-state index contributed by atoms with van der Waals surface area (Å²) >= 11 is 12.2. The van der Waals surface area contributed by atoms with Gasteiger partial charge in [-0.1, -0.05) is 23.7 Å². The number of benzene rings is 1. The Morgan fingerprint density at radius 3 is 2.50 bits per heavy atom. The summed E-state index contributed by atoms with van der Waals surface area (Å²) in [6, 6.07) is 7.25. The standard InChI is InChI=1S/C17H20Cl2N4O3/c1-2-21-14-13(15(25)22(17(21)26)8-3-9-24)23(16(19)20-14)10-11-4-6-12(18)7-5-11/h4-7,17,24,26H,2-3,8-10H2,1H3. The number of anilines is 1. The second-order valence-corrected chi connectivity index (χ2v) is 6.75. The van der Waals surface area contributed by atoms with Crippen LogP contribution in [0.1, 0.15) is 29.4 Å². The van der Waals surface area contributed by atoms with E-state index in [-0.39, 0.29) is 24.3 Å². The normalized spacial score (nSPS) is 17.0. The maximum Gasteiger partial charge on any atom is 0.277 e. The molecule has 0 fully saturated rings. The Labute approximate surface area is 161 Å². The molecule has 140 valence electrons. The number of fused-ring (bicyclic) bond motifs is 1. The number of hydrogen-bond donors (Lipinski definition) is 2. The third kappa shape index (κ3) is 3.40. The Morgan fingerprint density at radius 1 is 1.19 bits per heavy atom.